The molecule has 0 bridgehead atoms. The van der Waals surface area contributed by atoms with E-state index in [2.05, 4.69) is 30.7 Å². The van der Waals surface area contributed by atoms with Crippen molar-refractivity contribution in [1.82, 2.24) is 9.80 Å². The highest BCUT2D eigenvalue weighted by Gasteiger charge is 2.06. The van der Waals surface area contributed by atoms with E-state index in [9.17, 15) is 0 Å². The molecule has 4 heteroatoms. The van der Waals surface area contributed by atoms with Crippen LogP contribution < -0.4 is 11.5 Å². The number of hydrogen-bond donors (Lipinski definition) is 2. The standard InChI is InChI=1S/C16H30N4/c1-4-19(5-2)14-15-20(6-3)16(11-9-13-18)10-7-8-12-17/h4-6,10H,1-3,7-9,11-15,17-18H2. The first kappa shape index (κ1) is 18.5. The Hall–Kier alpha value is -1.52. The largest absolute Gasteiger partial charge is 0.354 e. The Labute approximate surface area is 124 Å². The average Bonchev–Trinajstić information content (AvgIpc) is 2.48. The van der Waals surface area contributed by atoms with Crippen molar-refractivity contribution in [3.63, 3.8) is 0 Å². The van der Waals surface area contributed by atoms with Crippen molar-refractivity contribution in [1.29, 1.82) is 0 Å². The highest BCUT2D eigenvalue weighted by Crippen LogP contribution is 2.13. The SMILES string of the molecule is C=CN(C=C)CCN(C=C)C(=CCCCN)CCCN. The van der Waals surface area contributed by atoms with Crippen molar-refractivity contribution in [2.75, 3.05) is 26.2 Å². The molecule has 0 aromatic heterocycles. The van der Waals surface area contributed by atoms with Gasteiger partial charge in [0.25, 0.3) is 0 Å². The van der Waals surface area contributed by atoms with Gasteiger partial charge in [0.1, 0.15) is 0 Å². The Morgan fingerprint density at radius 2 is 1.55 bits per heavy atom. The van der Waals surface area contributed by atoms with E-state index in [0.29, 0.717) is 6.54 Å². The van der Waals surface area contributed by atoms with Gasteiger partial charge in [0.05, 0.1) is 0 Å². The predicted molar refractivity (Wildman–Crippen MR) is 88.7 cm³/mol. The van der Waals surface area contributed by atoms with Crippen LogP contribution in [0.5, 0.6) is 0 Å². The molecule has 0 unspecified atom stereocenters. The number of hydrogen-bond acceptors (Lipinski definition) is 4. The Morgan fingerprint density at radius 1 is 0.900 bits per heavy atom. The monoisotopic (exact) mass is 278 g/mol. The van der Waals surface area contributed by atoms with Crippen molar-refractivity contribution in [3.05, 3.63) is 50.1 Å². The lowest BCUT2D eigenvalue weighted by atomic mass is 10.1. The van der Waals surface area contributed by atoms with E-state index < -0.39 is 0 Å². The van der Waals surface area contributed by atoms with Crippen LogP contribution in [0.3, 0.4) is 0 Å². The van der Waals surface area contributed by atoms with Crippen molar-refractivity contribution in [2.24, 2.45) is 11.5 Å². The minimum absolute atomic E-state index is 0.699. The summed E-state index contributed by atoms with van der Waals surface area (Å²) >= 11 is 0. The third-order valence-corrected chi connectivity index (χ3v) is 3.08. The quantitative estimate of drug-likeness (QED) is 0.508. The zero-order chi connectivity index (χ0) is 15.2. The fourth-order valence-corrected chi connectivity index (χ4v) is 1.87. The molecule has 0 heterocycles. The van der Waals surface area contributed by atoms with E-state index in [1.165, 1.54) is 5.70 Å². The van der Waals surface area contributed by atoms with Crippen LogP contribution in [0.1, 0.15) is 25.7 Å². The van der Waals surface area contributed by atoms with Gasteiger partial charge in [-0.25, -0.2) is 0 Å². The van der Waals surface area contributed by atoms with Crippen LogP contribution in [0.25, 0.3) is 0 Å². The first-order valence-corrected chi connectivity index (χ1v) is 7.22. The third-order valence-electron chi connectivity index (χ3n) is 3.08. The van der Waals surface area contributed by atoms with E-state index in [4.69, 9.17) is 11.5 Å². The van der Waals surface area contributed by atoms with Gasteiger partial charge in [0.15, 0.2) is 0 Å². The number of rotatable bonds is 13. The summed E-state index contributed by atoms with van der Waals surface area (Å²) in [6.45, 7) is 14.5. The van der Waals surface area contributed by atoms with Gasteiger partial charge >= 0.3 is 0 Å². The fourth-order valence-electron chi connectivity index (χ4n) is 1.87. The highest BCUT2D eigenvalue weighted by molar-refractivity contribution is 5.05. The second kappa shape index (κ2) is 12.5. The minimum atomic E-state index is 0.699. The molecule has 0 aliphatic carbocycles. The maximum Gasteiger partial charge on any atom is 0.0401 e. The van der Waals surface area contributed by atoms with Gasteiger partial charge in [-0.05, 0) is 57.4 Å². The zero-order valence-corrected chi connectivity index (χ0v) is 12.6. The van der Waals surface area contributed by atoms with Crippen molar-refractivity contribution in [2.45, 2.75) is 25.7 Å². The van der Waals surface area contributed by atoms with E-state index in [-0.39, 0.29) is 0 Å². The number of unbranched alkanes of at least 4 members (excludes halogenated alkanes) is 1. The zero-order valence-electron chi connectivity index (χ0n) is 12.6. The van der Waals surface area contributed by atoms with Crippen molar-refractivity contribution < 1.29 is 0 Å². The molecule has 0 saturated heterocycles. The Bertz CT molecular complexity index is 302. The summed E-state index contributed by atoms with van der Waals surface area (Å²) in [4.78, 5) is 4.13. The summed E-state index contributed by atoms with van der Waals surface area (Å²) in [5.41, 5.74) is 12.4. The molecule has 0 amide bonds. The fraction of sp³-hybridized carbons (Fsp3) is 0.500. The Balaban J connectivity index is 4.61. The van der Waals surface area contributed by atoms with Crippen LogP contribution in [0.2, 0.25) is 0 Å². The third kappa shape index (κ3) is 7.81. The van der Waals surface area contributed by atoms with Crippen LogP contribution >= 0.6 is 0 Å². The normalized spacial score (nSPS) is 11.0. The second-order valence-corrected chi connectivity index (χ2v) is 4.50. The van der Waals surface area contributed by atoms with Gasteiger partial charge < -0.3 is 21.3 Å². The van der Waals surface area contributed by atoms with Crippen LogP contribution in [0.4, 0.5) is 0 Å². The van der Waals surface area contributed by atoms with Crippen LogP contribution in [-0.4, -0.2) is 36.0 Å². The van der Waals surface area contributed by atoms with Crippen LogP contribution in [-0.2, 0) is 0 Å². The molecular weight excluding hydrogens is 248 g/mol. The minimum Gasteiger partial charge on any atom is -0.354 e. The van der Waals surface area contributed by atoms with Gasteiger partial charge in [-0.3, -0.25) is 0 Å². The van der Waals surface area contributed by atoms with Crippen molar-refractivity contribution >= 4 is 0 Å². The molecule has 0 aromatic carbocycles. The molecule has 20 heavy (non-hydrogen) atoms. The molecule has 4 nitrogen and oxygen atoms in total. The first-order valence-electron chi connectivity index (χ1n) is 7.22. The lowest BCUT2D eigenvalue weighted by Crippen LogP contribution is -2.26. The molecule has 0 aliphatic heterocycles. The maximum absolute atomic E-state index is 5.61. The van der Waals surface area contributed by atoms with E-state index in [1.807, 2.05) is 11.1 Å². The topological polar surface area (TPSA) is 58.5 Å². The van der Waals surface area contributed by atoms with Gasteiger partial charge in [0.2, 0.25) is 0 Å². The average molecular weight is 278 g/mol. The predicted octanol–water partition coefficient (Wildman–Crippen LogP) is 2.38. The van der Waals surface area contributed by atoms with Gasteiger partial charge in [0, 0.05) is 18.8 Å². The van der Waals surface area contributed by atoms with E-state index >= 15 is 0 Å². The molecule has 0 aliphatic rings. The maximum atomic E-state index is 5.61. The van der Waals surface area contributed by atoms with Crippen LogP contribution in [0, 0.1) is 0 Å². The Kier molecular flexibility index (Phi) is 11.6. The lowest BCUT2D eigenvalue weighted by molar-refractivity contribution is 0.380. The summed E-state index contributed by atoms with van der Waals surface area (Å²) in [5.74, 6) is 0. The highest BCUT2D eigenvalue weighted by atomic mass is 15.2. The summed E-state index contributed by atoms with van der Waals surface area (Å²) in [6, 6.07) is 0. The second-order valence-electron chi connectivity index (χ2n) is 4.50. The molecule has 0 radical (unpaired) electrons. The number of allylic oxidation sites excluding steroid dienone is 2. The number of nitrogens with zero attached hydrogens (tertiary/aromatic N) is 2. The molecule has 4 N–H and O–H groups in total. The summed E-state index contributed by atoms with van der Waals surface area (Å²) in [5, 5.41) is 0. The van der Waals surface area contributed by atoms with E-state index in [0.717, 1.165) is 45.3 Å². The summed E-state index contributed by atoms with van der Waals surface area (Å²) in [7, 11) is 0. The molecule has 114 valence electrons. The van der Waals surface area contributed by atoms with Gasteiger partial charge in [-0.2, -0.15) is 0 Å². The first-order chi connectivity index (χ1) is 9.73. The molecule has 0 rings (SSSR count). The smallest absolute Gasteiger partial charge is 0.0401 e. The Morgan fingerprint density at radius 3 is 2.05 bits per heavy atom. The van der Waals surface area contributed by atoms with E-state index in [1.54, 1.807) is 12.4 Å². The van der Waals surface area contributed by atoms with Gasteiger partial charge in [-0.15, -0.1) is 0 Å². The van der Waals surface area contributed by atoms with Crippen LogP contribution in [0.15, 0.2) is 50.1 Å². The molecule has 0 saturated carbocycles. The molecule has 0 fully saturated rings. The molecule has 0 atom stereocenters. The molecule has 0 aromatic rings. The summed E-state index contributed by atoms with van der Waals surface area (Å²) in [6.07, 6.45) is 11.6. The number of nitrogens with two attached hydrogens (primary N) is 2. The lowest BCUT2D eigenvalue weighted by Gasteiger charge is -2.26. The molecule has 0 spiro atoms. The van der Waals surface area contributed by atoms with Gasteiger partial charge in [-0.1, -0.05) is 25.8 Å². The summed E-state index contributed by atoms with van der Waals surface area (Å²) < 4.78 is 0. The van der Waals surface area contributed by atoms with Crippen molar-refractivity contribution in [3.8, 4) is 0 Å². The molecular formula is C16H30N4.